The molecule has 3 aromatic rings. The summed E-state index contributed by atoms with van der Waals surface area (Å²) in [5, 5.41) is 13.5. The Balaban J connectivity index is 1.34. The Hall–Kier alpha value is -3.48. The molecule has 0 saturated carbocycles. The van der Waals surface area contributed by atoms with Crippen LogP contribution in [0, 0.1) is 11.6 Å². The third-order valence-corrected chi connectivity index (χ3v) is 7.37. The fourth-order valence-corrected chi connectivity index (χ4v) is 5.50. The molecule has 7 nitrogen and oxygen atoms in total. The SMILES string of the molecule is O=C(CCN1C(=O)C(=Cc2cc(-c3ccc(F)c(F)c3)cs2)SC1=S)NCc1ccnc(C(=O)O)c1. The molecule has 0 atom stereocenters. The lowest BCUT2D eigenvalue weighted by Crippen LogP contribution is -2.33. The maximum absolute atomic E-state index is 13.5. The van der Waals surface area contributed by atoms with Crippen molar-refractivity contribution in [2.75, 3.05) is 6.54 Å². The molecular formula is C24H17F2N3O4S3. The van der Waals surface area contributed by atoms with Crippen molar-refractivity contribution in [2.45, 2.75) is 13.0 Å². The topological polar surface area (TPSA) is 99.6 Å². The largest absolute Gasteiger partial charge is 0.477 e. The minimum absolute atomic E-state index is 0.00979. The van der Waals surface area contributed by atoms with Gasteiger partial charge in [0.25, 0.3) is 5.91 Å². The number of rotatable bonds is 8. The van der Waals surface area contributed by atoms with E-state index >= 15 is 0 Å². The molecule has 0 unspecified atom stereocenters. The van der Waals surface area contributed by atoms with E-state index in [1.807, 2.05) is 0 Å². The molecule has 1 aromatic carbocycles. The highest BCUT2D eigenvalue weighted by atomic mass is 32.2. The molecule has 2 amide bonds. The van der Waals surface area contributed by atoms with E-state index in [9.17, 15) is 23.2 Å². The van der Waals surface area contributed by atoms with Gasteiger partial charge in [0.2, 0.25) is 5.91 Å². The molecule has 3 heterocycles. The van der Waals surface area contributed by atoms with Crippen molar-refractivity contribution in [3.63, 3.8) is 0 Å². The molecule has 2 N–H and O–H groups in total. The number of carbonyl (C=O) groups is 3. The van der Waals surface area contributed by atoms with Crippen molar-refractivity contribution < 1.29 is 28.3 Å². The first-order valence-electron chi connectivity index (χ1n) is 10.5. The maximum Gasteiger partial charge on any atom is 0.354 e. The molecule has 1 aliphatic rings. The van der Waals surface area contributed by atoms with Crippen LogP contribution in [0.5, 0.6) is 0 Å². The smallest absolute Gasteiger partial charge is 0.354 e. The van der Waals surface area contributed by atoms with Crippen molar-refractivity contribution >= 4 is 63.5 Å². The van der Waals surface area contributed by atoms with Crippen LogP contribution in [0.15, 0.2) is 52.9 Å². The molecule has 0 aliphatic carbocycles. The van der Waals surface area contributed by atoms with E-state index in [0.717, 1.165) is 28.8 Å². The number of halogens is 2. The summed E-state index contributed by atoms with van der Waals surface area (Å²) in [6, 6.07) is 8.40. The highest BCUT2D eigenvalue weighted by Crippen LogP contribution is 2.35. The van der Waals surface area contributed by atoms with E-state index in [4.69, 9.17) is 17.3 Å². The molecule has 0 bridgehead atoms. The van der Waals surface area contributed by atoms with E-state index in [2.05, 4.69) is 10.3 Å². The van der Waals surface area contributed by atoms with Crippen molar-refractivity contribution in [1.82, 2.24) is 15.2 Å². The van der Waals surface area contributed by atoms with Crippen LogP contribution < -0.4 is 5.32 Å². The second kappa shape index (κ2) is 11.1. The summed E-state index contributed by atoms with van der Waals surface area (Å²) in [6.07, 6.45) is 3.04. The lowest BCUT2D eigenvalue weighted by atomic mass is 10.1. The normalized spacial score (nSPS) is 14.5. The van der Waals surface area contributed by atoms with Crippen LogP contribution in [0.2, 0.25) is 0 Å². The second-order valence-corrected chi connectivity index (χ2v) is 10.2. The average molecular weight is 546 g/mol. The minimum Gasteiger partial charge on any atom is -0.477 e. The van der Waals surface area contributed by atoms with Crippen molar-refractivity contribution in [3.05, 3.63) is 80.6 Å². The van der Waals surface area contributed by atoms with E-state index in [1.54, 1.807) is 23.6 Å². The highest BCUT2D eigenvalue weighted by molar-refractivity contribution is 8.26. The Morgan fingerprint density at radius 3 is 2.69 bits per heavy atom. The molecule has 1 aliphatic heterocycles. The average Bonchev–Trinajstić information content (AvgIpc) is 3.42. The molecule has 2 aromatic heterocycles. The molecule has 1 saturated heterocycles. The molecule has 36 heavy (non-hydrogen) atoms. The molecule has 4 rings (SSSR count). The predicted molar refractivity (Wildman–Crippen MR) is 137 cm³/mol. The summed E-state index contributed by atoms with van der Waals surface area (Å²) < 4.78 is 27.1. The second-order valence-electron chi connectivity index (χ2n) is 7.58. The lowest BCUT2D eigenvalue weighted by Gasteiger charge is -2.14. The number of carbonyl (C=O) groups excluding carboxylic acids is 2. The van der Waals surface area contributed by atoms with Crippen LogP contribution in [-0.4, -0.2) is 43.6 Å². The van der Waals surface area contributed by atoms with E-state index < -0.39 is 17.6 Å². The first kappa shape index (κ1) is 25.6. The summed E-state index contributed by atoms with van der Waals surface area (Å²) >= 11 is 7.78. The van der Waals surface area contributed by atoms with Gasteiger partial charge in [-0.1, -0.05) is 30.0 Å². The van der Waals surface area contributed by atoms with Crippen molar-refractivity contribution in [3.8, 4) is 11.1 Å². The number of carboxylic acids is 1. The number of carboxylic acid groups (broad SMARTS) is 1. The van der Waals surface area contributed by atoms with E-state index in [1.165, 1.54) is 34.6 Å². The summed E-state index contributed by atoms with van der Waals surface area (Å²) in [4.78, 5) is 42.3. The van der Waals surface area contributed by atoms with Crippen LogP contribution in [0.4, 0.5) is 8.78 Å². The number of hydrogen-bond donors (Lipinski definition) is 2. The highest BCUT2D eigenvalue weighted by Gasteiger charge is 2.32. The van der Waals surface area contributed by atoms with Gasteiger partial charge < -0.3 is 10.4 Å². The Kier molecular flexibility index (Phi) is 7.87. The fourth-order valence-electron chi connectivity index (χ4n) is 3.28. The zero-order valence-electron chi connectivity index (χ0n) is 18.4. The number of amides is 2. The molecular weight excluding hydrogens is 528 g/mol. The molecule has 0 spiro atoms. The van der Waals surface area contributed by atoms with Crippen LogP contribution in [-0.2, 0) is 16.1 Å². The Bertz CT molecular complexity index is 1410. The van der Waals surface area contributed by atoms with Gasteiger partial charge >= 0.3 is 5.97 Å². The summed E-state index contributed by atoms with van der Waals surface area (Å²) in [6.45, 7) is 0.216. The number of nitrogens with one attached hydrogen (secondary N) is 1. The summed E-state index contributed by atoms with van der Waals surface area (Å²) in [5.41, 5.74) is 1.69. The minimum atomic E-state index is -1.16. The van der Waals surface area contributed by atoms with Gasteiger partial charge in [-0.15, -0.1) is 11.3 Å². The monoisotopic (exact) mass is 545 g/mol. The number of hydrogen-bond acceptors (Lipinski definition) is 7. The molecule has 1 fully saturated rings. The number of thiophene rings is 1. The lowest BCUT2D eigenvalue weighted by molar-refractivity contribution is -0.123. The summed E-state index contributed by atoms with van der Waals surface area (Å²) in [5.74, 6) is -3.65. The van der Waals surface area contributed by atoms with Gasteiger partial charge in [-0.25, -0.2) is 18.6 Å². The van der Waals surface area contributed by atoms with Gasteiger partial charge in [0.1, 0.15) is 10.0 Å². The number of nitrogens with zero attached hydrogens (tertiary/aromatic N) is 2. The summed E-state index contributed by atoms with van der Waals surface area (Å²) in [7, 11) is 0. The van der Waals surface area contributed by atoms with Crippen LogP contribution in [0.25, 0.3) is 17.2 Å². The molecule has 0 radical (unpaired) electrons. The van der Waals surface area contributed by atoms with E-state index in [0.29, 0.717) is 25.9 Å². The number of aromatic carboxylic acids is 1. The van der Waals surface area contributed by atoms with Crippen LogP contribution in [0.3, 0.4) is 0 Å². The Labute approximate surface area is 217 Å². The first-order chi connectivity index (χ1) is 17.2. The number of thioether (sulfide) groups is 1. The van der Waals surface area contributed by atoms with Crippen LogP contribution in [0.1, 0.15) is 27.3 Å². The van der Waals surface area contributed by atoms with Gasteiger partial charge in [-0.05, 0) is 58.5 Å². The first-order valence-corrected chi connectivity index (χ1v) is 12.6. The maximum atomic E-state index is 13.5. The number of pyridine rings is 1. The zero-order chi connectivity index (χ0) is 25.8. The third kappa shape index (κ3) is 6.01. The van der Waals surface area contributed by atoms with Crippen molar-refractivity contribution in [1.29, 1.82) is 0 Å². The van der Waals surface area contributed by atoms with Gasteiger partial charge in [0, 0.05) is 30.6 Å². The van der Waals surface area contributed by atoms with Gasteiger partial charge in [-0.2, -0.15) is 0 Å². The van der Waals surface area contributed by atoms with Crippen LogP contribution >= 0.6 is 35.3 Å². The van der Waals surface area contributed by atoms with Gasteiger partial charge in [-0.3, -0.25) is 14.5 Å². The standard InChI is InChI=1S/C24H17F2N3O4S3/c25-17-2-1-14(9-18(17)26)15-8-16(35-12-15)10-20-22(31)29(24(34)36-20)6-4-21(30)28-11-13-3-5-27-19(7-13)23(32)33/h1-3,5,7-10,12H,4,6,11H2,(H,28,30)(H,32,33). The van der Waals surface area contributed by atoms with Gasteiger partial charge in [0.15, 0.2) is 11.6 Å². The number of thiocarbonyl (C=S) groups is 1. The van der Waals surface area contributed by atoms with E-state index in [-0.39, 0.29) is 37.0 Å². The fraction of sp³-hybridized carbons (Fsp3) is 0.125. The molecule has 12 heteroatoms. The third-order valence-electron chi connectivity index (χ3n) is 5.12. The molecule has 184 valence electrons. The Morgan fingerprint density at radius 1 is 1.14 bits per heavy atom. The number of aromatic nitrogens is 1. The van der Waals surface area contributed by atoms with Crippen molar-refractivity contribution in [2.24, 2.45) is 0 Å². The predicted octanol–water partition coefficient (Wildman–Crippen LogP) is 4.69. The van der Waals surface area contributed by atoms with Gasteiger partial charge in [0.05, 0.1) is 4.91 Å². The Morgan fingerprint density at radius 2 is 1.94 bits per heavy atom. The zero-order valence-corrected chi connectivity index (χ0v) is 20.8. The number of benzene rings is 1. The quantitative estimate of drug-likeness (QED) is 0.313.